The molecule has 2 rings (SSSR count). The minimum absolute atomic E-state index is 0.177. The van der Waals surface area contributed by atoms with E-state index in [9.17, 15) is 0 Å². The molecule has 2 saturated carbocycles. The molecule has 2 nitrogen and oxygen atoms in total. The first-order chi connectivity index (χ1) is 7.63. The highest BCUT2D eigenvalue weighted by Gasteiger charge is 2.40. The summed E-state index contributed by atoms with van der Waals surface area (Å²) in [6.07, 6.45) is 9.28. The van der Waals surface area contributed by atoms with Crippen LogP contribution in [0.5, 0.6) is 0 Å². The van der Waals surface area contributed by atoms with Crippen molar-refractivity contribution in [3.8, 4) is 0 Å². The monoisotopic (exact) mass is 225 g/mol. The first kappa shape index (κ1) is 12.4. The highest BCUT2D eigenvalue weighted by molar-refractivity contribution is 4.92. The van der Waals surface area contributed by atoms with Gasteiger partial charge in [-0.25, -0.2) is 0 Å². The summed E-state index contributed by atoms with van der Waals surface area (Å²) >= 11 is 0. The zero-order chi connectivity index (χ0) is 11.6. The van der Waals surface area contributed by atoms with Gasteiger partial charge >= 0.3 is 0 Å². The molecule has 0 aromatic heterocycles. The summed E-state index contributed by atoms with van der Waals surface area (Å²) in [5.74, 6) is 1.67. The van der Waals surface area contributed by atoms with E-state index in [-0.39, 0.29) is 5.60 Å². The number of ether oxygens (including phenoxy) is 1. The van der Waals surface area contributed by atoms with Crippen molar-refractivity contribution in [2.45, 2.75) is 70.5 Å². The second kappa shape index (κ2) is 5.05. The Bertz CT molecular complexity index is 215. The van der Waals surface area contributed by atoms with E-state index in [1.165, 1.54) is 38.5 Å². The molecule has 2 fully saturated rings. The van der Waals surface area contributed by atoms with Gasteiger partial charge in [-0.3, -0.25) is 0 Å². The van der Waals surface area contributed by atoms with Crippen molar-refractivity contribution in [3.05, 3.63) is 0 Å². The molecule has 2 unspecified atom stereocenters. The first-order valence-electron chi connectivity index (χ1n) is 7.01. The highest BCUT2D eigenvalue weighted by Crippen LogP contribution is 2.42. The summed E-state index contributed by atoms with van der Waals surface area (Å²) < 4.78 is 6.42. The molecule has 0 radical (unpaired) electrons. The second-order valence-corrected chi connectivity index (χ2v) is 6.23. The van der Waals surface area contributed by atoms with Gasteiger partial charge in [-0.2, -0.15) is 0 Å². The van der Waals surface area contributed by atoms with Crippen molar-refractivity contribution in [1.82, 2.24) is 0 Å². The van der Waals surface area contributed by atoms with Crippen LogP contribution in [0.15, 0.2) is 0 Å². The summed E-state index contributed by atoms with van der Waals surface area (Å²) in [4.78, 5) is 0. The largest absolute Gasteiger partial charge is 0.372 e. The van der Waals surface area contributed by atoms with Gasteiger partial charge in [0.1, 0.15) is 0 Å². The molecule has 2 heteroatoms. The molecule has 0 aliphatic heterocycles. The third kappa shape index (κ3) is 2.78. The Morgan fingerprint density at radius 1 is 1.12 bits per heavy atom. The molecule has 2 N–H and O–H groups in total. The topological polar surface area (TPSA) is 35.2 Å². The maximum atomic E-state index is 6.42. The second-order valence-electron chi connectivity index (χ2n) is 6.23. The van der Waals surface area contributed by atoms with Gasteiger partial charge in [0.25, 0.3) is 0 Å². The minimum Gasteiger partial charge on any atom is -0.372 e. The van der Waals surface area contributed by atoms with Crippen LogP contribution in [-0.2, 0) is 4.74 Å². The average molecular weight is 225 g/mol. The molecule has 0 spiro atoms. The van der Waals surface area contributed by atoms with Crippen LogP contribution in [0.2, 0.25) is 0 Å². The van der Waals surface area contributed by atoms with Gasteiger partial charge in [0.15, 0.2) is 0 Å². The maximum absolute atomic E-state index is 6.42. The van der Waals surface area contributed by atoms with Gasteiger partial charge < -0.3 is 10.5 Å². The molecule has 0 saturated heterocycles. The summed E-state index contributed by atoms with van der Waals surface area (Å²) in [7, 11) is 0. The molecule has 16 heavy (non-hydrogen) atoms. The van der Waals surface area contributed by atoms with Gasteiger partial charge in [-0.05, 0) is 63.3 Å². The predicted molar refractivity (Wildman–Crippen MR) is 67.3 cm³/mol. The highest BCUT2D eigenvalue weighted by atomic mass is 16.5. The van der Waals surface area contributed by atoms with Gasteiger partial charge in [0.05, 0.1) is 11.7 Å². The van der Waals surface area contributed by atoms with Crippen molar-refractivity contribution in [1.29, 1.82) is 0 Å². The Balaban J connectivity index is 1.87. The van der Waals surface area contributed by atoms with Crippen molar-refractivity contribution in [2.24, 2.45) is 17.6 Å². The van der Waals surface area contributed by atoms with E-state index >= 15 is 0 Å². The van der Waals surface area contributed by atoms with Crippen molar-refractivity contribution in [3.63, 3.8) is 0 Å². The van der Waals surface area contributed by atoms with Crippen molar-refractivity contribution >= 4 is 0 Å². The lowest BCUT2D eigenvalue weighted by atomic mass is 9.76. The summed E-state index contributed by atoms with van der Waals surface area (Å²) in [5, 5.41) is 0. The number of nitrogens with two attached hydrogens (primary N) is 1. The zero-order valence-electron chi connectivity index (χ0n) is 10.9. The third-order valence-electron chi connectivity index (χ3n) is 4.42. The standard InChI is InChI=1S/C14H27NO/c1-11-8-12(2)10-13(9-11)16-14(6-7-15)4-3-5-14/h11-13H,3-10,15H2,1-2H3. The SMILES string of the molecule is CC1CC(C)CC(OC2(CCN)CCC2)C1. The molecule has 2 aliphatic rings. The Morgan fingerprint density at radius 2 is 1.75 bits per heavy atom. The van der Waals surface area contributed by atoms with Gasteiger partial charge in [0.2, 0.25) is 0 Å². The average Bonchev–Trinajstić information content (AvgIpc) is 2.13. The normalized spacial score (nSPS) is 38.1. The first-order valence-corrected chi connectivity index (χ1v) is 7.01. The lowest BCUT2D eigenvalue weighted by Gasteiger charge is -2.46. The molecule has 0 bridgehead atoms. The van der Waals surface area contributed by atoms with Gasteiger partial charge in [-0.1, -0.05) is 13.8 Å². The van der Waals surface area contributed by atoms with E-state index < -0.39 is 0 Å². The van der Waals surface area contributed by atoms with E-state index in [1.807, 2.05) is 0 Å². The molecule has 2 atom stereocenters. The number of hydrogen-bond acceptors (Lipinski definition) is 2. The van der Waals surface area contributed by atoms with Crippen molar-refractivity contribution < 1.29 is 4.74 Å². The molecule has 0 aromatic rings. The molecule has 0 amide bonds. The fraction of sp³-hybridized carbons (Fsp3) is 1.00. The minimum atomic E-state index is 0.177. The van der Waals surface area contributed by atoms with E-state index in [0.717, 1.165) is 24.8 Å². The van der Waals surface area contributed by atoms with Crippen LogP contribution in [-0.4, -0.2) is 18.2 Å². The third-order valence-corrected chi connectivity index (χ3v) is 4.42. The van der Waals surface area contributed by atoms with E-state index in [1.54, 1.807) is 0 Å². The smallest absolute Gasteiger partial charge is 0.0698 e. The predicted octanol–water partition coefficient (Wildman–Crippen LogP) is 3.10. The molecular weight excluding hydrogens is 198 g/mol. The van der Waals surface area contributed by atoms with E-state index in [0.29, 0.717) is 6.10 Å². The molecular formula is C14H27NO. The Labute approximate surface area is 99.9 Å². The van der Waals surface area contributed by atoms with Crippen LogP contribution in [0, 0.1) is 11.8 Å². The van der Waals surface area contributed by atoms with Gasteiger partial charge in [-0.15, -0.1) is 0 Å². The summed E-state index contributed by atoms with van der Waals surface area (Å²) in [6, 6.07) is 0. The molecule has 2 aliphatic carbocycles. The quantitative estimate of drug-likeness (QED) is 0.798. The summed E-state index contributed by atoms with van der Waals surface area (Å²) in [5.41, 5.74) is 5.88. The lowest BCUT2D eigenvalue weighted by molar-refractivity contribution is -0.158. The van der Waals surface area contributed by atoms with Gasteiger partial charge in [0, 0.05) is 0 Å². The van der Waals surface area contributed by atoms with Crippen LogP contribution in [0.25, 0.3) is 0 Å². The zero-order valence-corrected chi connectivity index (χ0v) is 10.9. The van der Waals surface area contributed by atoms with Crippen LogP contribution >= 0.6 is 0 Å². The lowest BCUT2D eigenvalue weighted by Crippen LogP contribution is -2.46. The van der Waals surface area contributed by atoms with Crippen LogP contribution in [0.1, 0.15) is 58.8 Å². The number of rotatable bonds is 4. The van der Waals surface area contributed by atoms with E-state index in [2.05, 4.69) is 13.8 Å². The van der Waals surface area contributed by atoms with Crippen LogP contribution in [0.3, 0.4) is 0 Å². The maximum Gasteiger partial charge on any atom is 0.0698 e. The van der Waals surface area contributed by atoms with Crippen molar-refractivity contribution in [2.75, 3.05) is 6.54 Å². The molecule has 0 aromatic carbocycles. The Morgan fingerprint density at radius 3 is 2.19 bits per heavy atom. The Hall–Kier alpha value is -0.0800. The van der Waals surface area contributed by atoms with E-state index in [4.69, 9.17) is 10.5 Å². The Kier molecular flexibility index (Phi) is 3.91. The fourth-order valence-corrected chi connectivity index (χ4v) is 3.58. The molecule has 94 valence electrons. The van der Waals surface area contributed by atoms with Crippen LogP contribution in [0.4, 0.5) is 0 Å². The van der Waals surface area contributed by atoms with Crippen LogP contribution < -0.4 is 5.73 Å². The number of hydrogen-bond donors (Lipinski definition) is 1. The fourth-order valence-electron chi connectivity index (χ4n) is 3.58. The summed E-state index contributed by atoms with van der Waals surface area (Å²) in [6.45, 7) is 5.50. The molecule has 0 heterocycles.